The minimum Gasteiger partial charge on any atom is -0.352 e. The van der Waals surface area contributed by atoms with Crippen LogP contribution >= 0.6 is 11.8 Å². The van der Waals surface area contributed by atoms with E-state index < -0.39 is 0 Å². The molecule has 0 aromatic heterocycles. The van der Waals surface area contributed by atoms with Crippen molar-refractivity contribution in [2.24, 2.45) is 0 Å². The molecule has 1 saturated heterocycles. The third-order valence-corrected chi connectivity index (χ3v) is 5.65. The third-order valence-electron chi connectivity index (χ3n) is 4.65. The molecule has 1 fully saturated rings. The van der Waals surface area contributed by atoms with Gasteiger partial charge >= 0.3 is 0 Å². The first-order valence-corrected chi connectivity index (χ1v) is 10.7. The summed E-state index contributed by atoms with van der Waals surface area (Å²) in [6.45, 7) is 1.34. The summed E-state index contributed by atoms with van der Waals surface area (Å²) in [4.78, 5) is 25.5. The van der Waals surface area contributed by atoms with E-state index in [2.05, 4.69) is 11.4 Å². The second kappa shape index (κ2) is 10.5. The van der Waals surface area contributed by atoms with E-state index in [9.17, 15) is 9.59 Å². The maximum Gasteiger partial charge on any atom is 0.244 e. The Labute approximate surface area is 175 Å². The van der Waals surface area contributed by atoms with Crippen molar-refractivity contribution < 1.29 is 9.59 Å². The van der Waals surface area contributed by atoms with E-state index in [1.807, 2.05) is 48.5 Å². The second-order valence-corrected chi connectivity index (χ2v) is 7.79. The number of nitrogens with one attached hydrogen (secondary N) is 1. The standard InChI is InChI=1S/C23H23N3O2S/c24-16-19-4-1-2-5-20(19)17-29-15-13-25-22(27)12-9-18-7-10-21(11-8-18)26-14-3-6-23(26)28/h1-2,4-5,7-12H,3,6,13-15,17H2,(H,25,27)/b12-9+. The number of thioether (sulfide) groups is 1. The number of nitrogens with zero attached hydrogens (tertiary/aromatic N) is 2. The third kappa shape index (κ3) is 5.97. The molecule has 2 aromatic carbocycles. The average molecular weight is 406 g/mol. The smallest absolute Gasteiger partial charge is 0.244 e. The lowest BCUT2D eigenvalue weighted by Gasteiger charge is -2.15. The molecule has 2 aromatic rings. The quantitative estimate of drug-likeness (QED) is 0.536. The molecule has 2 amide bonds. The van der Waals surface area contributed by atoms with E-state index in [-0.39, 0.29) is 11.8 Å². The average Bonchev–Trinajstić information content (AvgIpc) is 3.18. The molecule has 0 atom stereocenters. The highest BCUT2D eigenvalue weighted by Gasteiger charge is 2.21. The van der Waals surface area contributed by atoms with Crippen LogP contribution in [0.25, 0.3) is 6.08 Å². The summed E-state index contributed by atoms with van der Waals surface area (Å²) in [7, 11) is 0. The summed E-state index contributed by atoms with van der Waals surface area (Å²) in [6.07, 6.45) is 4.81. The van der Waals surface area contributed by atoms with Crippen molar-refractivity contribution in [3.8, 4) is 6.07 Å². The van der Waals surface area contributed by atoms with Crippen LogP contribution in [0.1, 0.15) is 29.5 Å². The molecule has 0 saturated carbocycles. The van der Waals surface area contributed by atoms with Crippen molar-refractivity contribution in [1.29, 1.82) is 5.26 Å². The van der Waals surface area contributed by atoms with Crippen LogP contribution in [0.15, 0.2) is 54.6 Å². The van der Waals surface area contributed by atoms with Gasteiger partial charge in [-0.3, -0.25) is 9.59 Å². The Balaban J connectivity index is 1.38. The molecule has 0 bridgehead atoms. The summed E-state index contributed by atoms with van der Waals surface area (Å²) in [5, 5.41) is 12.0. The number of nitriles is 1. The summed E-state index contributed by atoms with van der Waals surface area (Å²) in [5.41, 5.74) is 3.54. The topological polar surface area (TPSA) is 73.2 Å². The number of rotatable bonds is 8. The van der Waals surface area contributed by atoms with Gasteiger partial charge in [-0.2, -0.15) is 17.0 Å². The predicted octanol–water partition coefficient (Wildman–Crippen LogP) is 3.75. The summed E-state index contributed by atoms with van der Waals surface area (Å²) >= 11 is 1.68. The van der Waals surface area contributed by atoms with Crippen molar-refractivity contribution in [1.82, 2.24) is 5.32 Å². The largest absolute Gasteiger partial charge is 0.352 e. The van der Waals surface area contributed by atoms with Crippen molar-refractivity contribution in [2.45, 2.75) is 18.6 Å². The van der Waals surface area contributed by atoms with E-state index in [4.69, 9.17) is 5.26 Å². The van der Waals surface area contributed by atoms with Crippen LogP contribution in [-0.4, -0.2) is 30.7 Å². The van der Waals surface area contributed by atoms with Gasteiger partial charge in [-0.25, -0.2) is 0 Å². The maximum atomic E-state index is 12.0. The van der Waals surface area contributed by atoms with Crippen LogP contribution in [-0.2, 0) is 15.3 Å². The highest BCUT2D eigenvalue weighted by atomic mass is 32.2. The highest BCUT2D eigenvalue weighted by Crippen LogP contribution is 2.22. The Morgan fingerprint density at radius 3 is 2.72 bits per heavy atom. The molecule has 148 valence electrons. The van der Waals surface area contributed by atoms with Gasteiger partial charge in [0.25, 0.3) is 0 Å². The predicted molar refractivity (Wildman–Crippen MR) is 117 cm³/mol. The number of carbonyl (C=O) groups excluding carboxylic acids is 2. The monoisotopic (exact) mass is 405 g/mol. The van der Waals surface area contributed by atoms with Gasteiger partial charge in [-0.15, -0.1) is 0 Å². The first-order valence-electron chi connectivity index (χ1n) is 9.59. The van der Waals surface area contributed by atoms with Crippen molar-refractivity contribution >= 4 is 35.3 Å². The van der Waals surface area contributed by atoms with Gasteiger partial charge in [0, 0.05) is 42.8 Å². The number of hydrogen-bond donors (Lipinski definition) is 1. The first kappa shape index (κ1) is 20.7. The normalized spacial score (nSPS) is 13.6. The molecule has 29 heavy (non-hydrogen) atoms. The van der Waals surface area contributed by atoms with E-state index in [0.717, 1.165) is 41.3 Å². The van der Waals surface area contributed by atoms with Gasteiger partial charge in [0.1, 0.15) is 0 Å². The zero-order valence-corrected chi connectivity index (χ0v) is 17.0. The van der Waals surface area contributed by atoms with Crippen LogP contribution in [0.2, 0.25) is 0 Å². The Kier molecular flexibility index (Phi) is 7.48. The first-order chi connectivity index (χ1) is 14.2. The number of amides is 2. The highest BCUT2D eigenvalue weighted by molar-refractivity contribution is 7.98. The Hall–Kier alpha value is -3.04. The lowest BCUT2D eigenvalue weighted by Crippen LogP contribution is -2.23. The zero-order chi connectivity index (χ0) is 20.5. The van der Waals surface area contributed by atoms with Crippen molar-refractivity contribution in [3.63, 3.8) is 0 Å². The molecule has 0 spiro atoms. The molecule has 1 aliphatic rings. The fourth-order valence-electron chi connectivity index (χ4n) is 3.10. The van der Waals surface area contributed by atoms with Gasteiger partial charge in [0.15, 0.2) is 0 Å². The van der Waals surface area contributed by atoms with Gasteiger partial charge < -0.3 is 10.2 Å². The van der Waals surface area contributed by atoms with Crippen LogP contribution in [0, 0.1) is 11.3 Å². The molecule has 0 aliphatic carbocycles. The van der Waals surface area contributed by atoms with E-state index in [0.29, 0.717) is 18.5 Å². The molecule has 3 rings (SSSR count). The number of carbonyl (C=O) groups is 2. The Bertz CT molecular complexity index is 932. The Morgan fingerprint density at radius 2 is 2.00 bits per heavy atom. The van der Waals surface area contributed by atoms with Crippen molar-refractivity contribution in [3.05, 3.63) is 71.3 Å². The molecule has 0 radical (unpaired) electrons. The molecule has 1 heterocycles. The molecule has 1 N–H and O–H groups in total. The Morgan fingerprint density at radius 1 is 1.21 bits per heavy atom. The van der Waals surface area contributed by atoms with Crippen LogP contribution in [0.3, 0.4) is 0 Å². The van der Waals surface area contributed by atoms with E-state index in [1.54, 1.807) is 22.7 Å². The molecule has 1 aliphatic heterocycles. The van der Waals surface area contributed by atoms with Crippen molar-refractivity contribution in [2.75, 3.05) is 23.7 Å². The van der Waals surface area contributed by atoms with Gasteiger partial charge in [-0.05, 0) is 41.8 Å². The summed E-state index contributed by atoms with van der Waals surface area (Å²) in [6, 6.07) is 17.4. The molecular weight excluding hydrogens is 382 g/mol. The van der Waals surface area contributed by atoms with Gasteiger partial charge in [-0.1, -0.05) is 30.3 Å². The fourth-order valence-corrected chi connectivity index (χ4v) is 3.96. The van der Waals surface area contributed by atoms with Gasteiger partial charge in [0.2, 0.25) is 11.8 Å². The van der Waals surface area contributed by atoms with Crippen LogP contribution < -0.4 is 10.2 Å². The molecule has 5 nitrogen and oxygen atoms in total. The zero-order valence-electron chi connectivity index (χ0n) is 16.1. The lowest BCUT2D eigenvalue weighted by atomic mass is 10.1. The second-order valence-electron chi connectivity index (χ2n) is 6.69. The lowest BCUT2D eigenvalue weighted by molar-refractivity contribution is -0.117. The molecule has 0 unspecified atom stereocenters. The van der Waals surface area contributed by atoms with Crippen LogP contribution in [0.5, 0.6) is 0 Å². The number of benzene rings is 2. The number of hydrogen-bond acceptors (Lipinski definition) is 4. The maximum absolute atomic E-state index is 12.0. The molecular formula is C23H23N3O2S. The SMILES string of the molecule is N#Cc1ccccc1CSCCNC(=O)/C=C/c1ccc(N2CCCC2=O)cc1. The minimum absolute atomic E-state index is 0.137. The summed E-state index contributed by atoms with van der Waals surface area (Å²) in [5.74, 6) is 1.56. The number of anilines is 1. The van der Waals surface area contributed by atoms with Gasteiger partial charge in [0.05, 0.1) is 11.6 Å². The minimum atomic E-state index is -0.137. The van der Waals surface area contributed by atoms with E-state index >= 15 is 0 Å². The fraction of sp³-hybridized carbons (Fsp3) is 0.261. The van der Waals surface area contributed by atoms with Crippen LogP contribution in [0.4, 0.5) is 5.69 Å². The van der Waals surface area contributed by atoms with E-state index in [1.165, 1.54) is 6.08 Å². The molecule has 6 heteroatoms. The summed E-state index contributed by atoms with van der Waals surface area (Å²) < 4.78 is 0.